The van der Waals surface area contributed by atoms with Crippen LogP contribution in [0, 0.1) is 0 Å². The maximum Gasteiger partial charge on any atom is 0.462 e. The highest BCUT2D eigenvalue weighted by atomic mass is 19.4. The lowest BCUT2D eigenvalue weighted by molar-refractivity contribution is -0.486. The maximum atomic E-state index is 13.5. The molecule has 0 aliphatic heterocycles. The SMILES string of the molecule is CCCCOCC(F)(OC(F)(F)C(F)(F)C(F)(F)F)C(F)(F)F. The standard InChI is InChI=1S/C10H11F11O2/c1-2-3-4-22-5-6(11,8(14,15)16)23-10(20,21)7(12,13)9(17,18)19/h2-5H2,1H3. The average Bonchev–Trinajstić information content (AvgIpc) is 2.31. The van der Waals surface area contributed by atoms with Crippen LogP contribution < -0.4 is 0 Å². The molecule has 0 spiro atoms. The van der Waals surface area contributed by atoms with Crippen LogP contribution in [0.5, 0.6) is 0 Å². The summed E-state index contributed by atoms with van der Waals surface area (Å²) in [6.07, 6.45) is -19.7. The number of alkyl halides is 11. The first-order valence-electron chi connectivity index (χ1n) is 5.88. The van der Waals surface area contributed by atoms with Crippen molar-refractivity contribution < 1.29 is 57.8 Å². The van der Waals surface area contributed by atoms with Gasteiger partial charge in [-0.05, 0) is 6.42 Å². The Bertz CT molecular complexity index is 376. The molecule has 0 radical (unpaired) electrons. The van der Waals surface area contributed by atoms with E-state index in [0.717, 1.165) is 0 Å². The summed E-state index contributed by atoms with van der Waals surface area (Å²) in [6, 6.07) is 0. The number of ether oxygens (including phenoxy) is 2. The van der Waals surface area contributed by atoms with Crippen molar-refractivity contribution in [3.05, 3.63) is 0 Å². The van der Waals surface area contributed by atoms with Crippen molar-refractivity contribution >= 4 is 0 Å². The molecule has 1 atom stereocenters. The van der Waals surface area contributed by atoms with E-state index < -0.39 is 43.5 Å². The number of halogens is 11. The van der Waals surface area contributed by atoms with E-state index in [4.69, 9.17) is 0 Å². The van der Waals surface area contributed by atoms with Gasteiger partial charge in [-0.25, -0.2) is 0 Å². The van der Waals surface area contributed by atoms with E-state index in [1.807, 2.05) is 0 Å². The van der Waals surface area contributed by atoms with Crippen LogP contribution in [0.25, 0.3) is 0 Å². The topological polar surface area (TPSA) is 18.5 Å². The highest BCUT2D eigenvalue weighted by Gasteiger charge is 2.78. The van der Waals surface area contributed by atoms with Gasteiger partial charge >= 0.3 is 30.2 Å². The molecule has 0 saturated heterocycles. The summed E-state index contributed by atoms with van der Waals surface area (Å²) in [7, 11) is 0. The third-order valence-corrected chi connectivity index (χ3v) is 2.36. The van der Waals surface area contributed by atoms with Gasteiger partial charge in [0.15, 0.2) is 0 Å². The monoisotopic (exact) mass is 372 g/mol. The van der Waals surface area contributed by atoms with E-state index in [1.165, 1.54) is 6.92 Å². The summed E-state index contributed by atoms with van der Waals surface area (Å²) in [5.41, 5.74) is 0. The number of rotatable bonds is 8. The molecule has 0 aromatic rings. The molecule has 2 nitrogen and oxygen atoms in total. The van der Waals surface area contributed by atoms with Crippen LogP contribution in [0.4, 0.5) is 48.3 Å². The number of unbranched alkanes of at least 4 members (excludes halogenated alkanes) is 1. The zero-order valence-corrected chi connectivity index (χ0v) is 11.3. The molecule has 0 amide bonds. The van der Waals surface area contributed by atoms with Crippen molar-refractivity contribution in [1.82, 2.24) is 0 Å². The molecular formula is C10H11F11O2. The molecular weight excluding hydrogens is 361 g/mol. The minimum atomic E-state index is -7.05. The van der Waals surface area contributed by atoms with Gasteiger partial charge in [-0.1, -0.05) is 13.3 Å². The highest BCUT2D eigenvalue weighted by Crippen LogP contribution is 2.50. The van der Waals surface area contributed by atoms with Gasteiger partial charge in [-0.15, -0.1) is 0 Å². The molecule has 0 heterocycles. The van der Waals surface area contributed by atoms with E-state index in [-0.39, 0.29) is 6.42 Å². The second kappa shape index (κ2) is 6.95. The third kappa shape index (κ3) is 5.06. The molecule has 0 bridgehead atoms. The van der Waals surface area contributed by atoms with Crippen LogP contribution in [-0.2, 0) is 9.47 Å². The molecule has 13 heteroatoms. The van der Waals surface area contributed by atoms with Crippen LogP contribution in [0.3, 0.4) is 0 Å². The molecule has 0 N–H and O–H groups in total. The zero-order chi connectivity index (χ0) is 18.7. The smallest absolute Gasteiger partial charge is 0.375 e. The first-order valence-corrected chi connectivity index (χ1v) is 5.88. The Morgan fingerprint density at radius 1 is 0.739 bits per heavy atom. The van der Waals surface area contributed by atoms with Crippen molar-refractivity contribution in [3.8, 4) is 0 Å². The lowest BCUT2D eigenvalue weighted by Gasteiger charge is -2.34. The Labute approximate surface area is 122 Å². The Morgan fingerprint density at radius 3 is 1.57 bits per heavy atom. The molecule has 0 aliphatic rings. The Kier molecular flexibility index (Phi) is 6.69. The molecule has 0 aromatic carbocycles. The van der Waals surface area contributed by atoms with Crippen LogP contribution in [0.1, 0.15) is 19.8 Å². The quantitative estimate of drug-likeness (QED) is 0.449. The normalized spacial score (nSPS) is 17.2. The summed E-state index contributed by atoms with van der Waals surface area (Å²) >= 11 is 0. The van der Waals surface area contributed by atoms with Crippen LogP contribution in [0.15, 0.2) is 0 Å². The fraction of sp³-hybridized carbons (Fsp3) is 1.00. The van der Waals surface area contributed by atoms with Crippen molar-refractivity contribution in [3.63, 3.8) is 0 Å². The summed E-state index contributed by atoms with van der Waals surface area (Å²) in [6.45, 7) is -1.38. The van der Waals surface area contributed by atoms with Gasteiger partial charge in [0.05, 0.1) is 0 Å². The van der Waals surface area contributed by atoms with Gasteiger partial charge in [0.1, 0.15) is 6.61 Å². The minimum Gasteiger partial charge on any atom is -0.375 e. The maximum absolute atomic E-state index is 13.5. The van der Waals surface area contributed by atoms with Crippen molar-refractivity contribution in [2.24, 2.45) is 0 Å². The minimum absolute atomic E-state index is 0.0586. The largest absolute Gasteiger partial charge is 0.462 e. The van der Waals surface area contributed by atoms with E-state index in [1.54, 1.807) is 0 Å². The van der Waals surface area contributed by atoms with E-state index in [0.29, 0.717) is 6.42 Å². The van der Waals surface area contributed by atoms with E-state index >= 15 is 0 Å². The number of hydrogen-bond donors (Lipinski definition) is 0. The molecule has 0 fully saturated rings. The fourth-order valence-corrected chi connectivity index (χ4v) is 1.05. The van der Waals surface area contributed by atoms with Crippen molar-refractivity contribution in [2.75, 3.05) is 13.2 Å². The van der Waals surface area contributed by atoms with Gasteiger partial charge in [-0.3, -0.25) is 4.74 Å². The lowest BCUT2D eigenvalue weighted by Crippen LogP contribution is -2.60. The van der Waals surface area contributed by atoms with Crippen molar-refractivity contribution in [1.29, 1.82) is 0 Å². The molecule has 140 valence electrons. The number of hydrogen-bond acceptors (Lipinski definition) is 2. The van der Waals surface area contributed by atoms with Gasteiger partial charge in [0, 0.05) is 6.61 Å². The zero-order valence-electron chi connectivity index (χ0n) is 11.3. The molecule has 1 unspecified atom stereocenters. The average molecular weight is 372 g/mol. The second-order valence-electron chi connectivity index (χ2n) is 4.32. The van der Waals surface area contributed by atoms with Gasteiger partial charge in [0.2, 0.25) is 0 Å². The first-order chi connectivity index (χ1) is 10.0. The van der Waals surface area contributed by atoms with Gasteiger partial charge < -0.3 is 4.74 Å². The summed E-state index contributed by atoms with van der Waals surface area (Å²) < 4.78 is 143. The van der Waals surface area contributed by atoms with E-state index in [2.05, 4.69) is 9.47 Å². The Morgan fingerprint density at radius 2 is 1.22 bits per heavy atom. The third-order valence-electron chi connectivity index (χ3n) is 2.36. The summed E-state index contributed by atoms with van der Waals surface area (Å²) in [4.78, 5) is 0. The first kappa shape index (κ1) is 22.1. The molecule has 23 heavy (non-hydrogen) atoms. The Hall–Kier alpha value is -0.850. The Balaban J connectivity index is 5.38. The van der Waals surface area contributed by atoms with Gasteiger partial charge in [-0.2, -0.15) is 48.3 Å². The predicted octanol–water partition coefficient (Wildman–Crippen LogP) is 4.84. The van der Waals surface area contributed by atoms with Crippen molar-refractivity contribution in [2.45, 2.75) is 50.0 Å². The van der Waals surface area contributed by atoms with Crippen LogP contribution in [0.2, 0.25) is 0 Å². The molecule has 0 rings (SSSR count). The molecule has 0 aliphatic carbocycles. The van der Waals surface area contributed by atoms with Crippen LogP contribution >= 0.6 is 0 Å². The summed E-state index contributed by atoms with van der Waals surface area (Å²) in [5, 5.41) is 0. The summed E-state index contributed by atoms with van der Waals surface area (Å²) in [5.74, 6) is -12.6. The second-order valence-corrected chi connectivity index (χ2v) is 4.32. The van der Waals surface area contributed by atoms with Gasteiger partial charge in [0.25, 0.3) is 0 Å². The van der Waals surface area contributed by atoms with E-state index in [9.17, 15) is 48.3 Å². The predicted molar refractivity (Wildman–Crippen MR) is 52.7 cm³/mol. The fourth-order valence-electron chi connectivity index (χ4n) is 1.05. The molecule has 0 saturated carbocycles. The molecule has 0 aromatic heterocycles. The lowest BCUT2D eigenvalue weighted by atomic mass is 10.2. The van der Waals surface area contributed by atoms with Crippen LogP contribution in [-0.4, -0.2) is 43.5 Å². The highest BCUT2D eigenvalue weighted by molar-refractivity contribution is 4.89.